The first kappa shape index (κ1) is 15.8. The molecule has 114 valence electrons. The molecule has 0 aliphatic rings. The van der Waals surface area contributed by atoms with Gasteiger partial charge in [0.1, 0.15) is 5.02 Å². The third-order valence-corrected chi connectivity index (χ3v) is 4.24. The van der Waals surface area contributed by atoms with Crippen molar-refractivity contribution in [2.24, 2.45) is 0 Å². The quantitative estimate of drug-likeness (QED) is 0.816. The zero-order valence-corrected chi connectivity index (χ0v) is 13.7. The number of nitrogens with zero attached hydrogens (tertiary/aromatic N) is 4. The van der Waals surface area contributed by atoms with Gasteiger partial charge in [-0.3, -0.25) is 9.40 Å². The molecule has 2 aromatic heterocycles. The van der Waals surface area contributed by atoms with Gasteiger partial charge in [-0.15, -0.1) is 0 Å². The van der Waals surface area contributed by atoms with Gasteiger partial charge in [-0.1, -0.05) is 11.6 Å². The van der Waals surface area contributed by atoms with E-state index in [1.807, 2.05) is 6.92 Å². The van der Waals surface area contributed by atoms with Crippen molar-refractivity contribution in [1.82, 2.24) is 20.2 Å². The highest BCUT2D eigenvalue weighted by atomic mass is 35.5. The third-order valence-electron chi connectivity index (χ3n) is 2.55. The van der Waals surface area contributed by atoms with Crippen molar-refractivity contribution in [3.05, 3.63) is 22.1 Å². The first-order chi connectivity index (χ1) is 9.68. The van der Waals surface area contributed by atoms with E-state index in [-0.39, 0.29) is 21.9 Å². The van der Waals surface area contributed by atoms with E-state index in [9.17, 15) is 8.42 Å². The highest BCUT2D eigenvalue weighted by Crippen LogP contribution is 2.33. The summed E-state index contributed by atoms with van der Waals surface area (Å²) < 4.78 is 24.1. The molecule has 0 spiro atoms. The molecule has 0 amide bonds. The summed E-state index contributed by atoms with van der Waals surface area (Å²) in [4.78, 5) is 7.79. The molecule has 0 saturated carbocycles. The largest absolute Gasteiger partial charge is 0.322 e. The van der Waals surface area contributed by atoms with Crippen LogP contribution in [0.5, 0.6) is 0 Å². The Morgan fingerprint density at radius 2 is 2.00 bits per heavy atom. The lowest BCUT2D eigenvalue weighted by Crippen LogP contribution is -2.26. The molecule has 0 aliphatic carbocycles. The Hall–Kier alpha value is -1.58. The molecule has 2 N–H and O–H groups in total. The van der Waals surface area contributed by atoms with Crippen molar-refractivity contribution >= 4 is 50.7 Å². The minimum atomic E-state index is -3.53. The van der Waals surface area contributed by atoms with Gasteiger partial charge in [-0.2, -0.15) is 15.1 Å². The van der Waals surface area contributed by atoms with E-state index in [4.69, 9.17) is 23.2 Å². The molecule has 21 heavy (non-hydrogen) atoms. The number of nitrogens with one attached hydrogen (secondary N) is 2. The van der Waals surface area contributed by atoms with Gasteiger partial charge >= 0.3 is 0 Å². The molecule has 0 aromatic carbocycles. The molecule has 0 aliphatic heterocycles. The van der Waals surface area contributed by atoms with Gasteiger partial charge in [-0.25, -0.2) is 8.42 Å². The van der Waals surface area contributed by atoms with Crippen LogP contribution in [0.3, 0.4) is 0 Å². The average molecular weight is 351 g/mol. The van der Waals surface area contributed by atoms with E-state index in [0.29, 0.717) is 5.82 Å². The Balaban J connectivity index is 2.46. The number of aromatic nitrogens is 4. The number of halogens is 2. The molecule has 8 nitrogen and oxygen atoms in total. The number of H-pyrrole nitrogens is 1. The minimum absolute atomic E-state index is 0.0195. The molecule has 2 aromatic rings. The van der Waals surface area contributed by atoms with E-state index in [2.05, 4.69) is 25.5 Å². The van der Waals surface area contributed by atoms with Crippen molar-refractivity contribution in [2.75, 3.05) is 22.9 Å². The van der Waals surface area contributed by atoms with Gasteiger partial charge in [0.05, 0.1) is 6.26 Å². The van der Waals surface area contributed by atoms with Crippen LogP contribution in [0.4, 0.5) is 17.5 Å². The molecule has 2 heterocycles. The van der Waals surface area contributed by atoms with Crippen molar-refractivity contribution in [3.63, 3.8) is 0 Å². The Morgan fingerprint density at radius 1 is 1.33 bits per heavy atom. The number of rotatable bonds is 4. The van der Waals surface area contributed by atoms with Crippen LogP contribution in [0.15, 0.2) is 6.07 Å². The Kier molecular flexibility index (Phi) is 4.26. The highest BCUT2D eigenvalue weighted by Gasteiger charge is 2.21. The lowest BCUT2D eigenvalue weighted by molar-refractivity contribution is 0.600. The maximum absolute atomic E-state index is 11.6. The normalized spacial score (nSPS) is 11.5. The van der Waals surface area contributed by atoms with Crippen molar-refractivity contribution in [2.45, 2.75) is 6.92 Å². The van der Waals surface area contributed by atoms with Gasteiger partial charge in [0.2, 0.25) is 15.3 Å². The van der Waals surface area contributed by atoms with Crippen molar-refractivity contribution in [1.29, 1.82) is 0 Å². The number of aromatic amines is 1. The number of aryl methyl sites for hydroxylation is 1. The number of hydrogen-bond acceptors (Lipinski definition) is 6. The van der Waals surface area contributed by atoms with E-state index in [0.717, 1.165) is 16.3 Å². The Labute approximate surface area is 131 Å². The Bertz CT molecular complexity index is 776. The molecule has 0 fully saturated rings. The Morgan fingerprint density at radius 3 is 2.52 bits per heavy atom. The topological polar surface area (TPSA) is 104 Å². The second-order valence-electron chi connectivity index (χ2n) is 4.27. The number of anilines is 3. The molecule has 11 heteroatoms. The van der Waals surface area contributed by atoms with Crippen LogP contribution in [-0.4, -0.2) is 41.9 Å². The number of hydrogen-bond donors (Lipinski definition) is 2. The molecule has 0 bridgehead atoms. The van der Waals surface area contributed by atoms with Crippen molar-refractivity contribution in [3.8, 4) is 0 Å². The van der Waals surface area contributed by atoms with Crippen LogP contribution in [0.1, 0.15) is 5.69 Å². The molecular weight excluding hydrogens is 339 g/mol. The third kappa shape index (κ3) is 3.55. The van der Waals surface area contributed by atoms with E-state index in [1.165, 1.54) is 7.05 Å². The van der Waals surface area contributed by atoms with Crippen LogP contribution >= 0.6 is 23.2 Å². The van der Waals surface area contributed by atoms with Gasteiger partial charge in [-0.05, 0) is 18.5 Å². The van der Waals surface area contributed by atoms with Crippen LogP contribution in [0, 0.1) is 6.92 Å². The molecular formula is C10H12Cl2N6O2S. The summed E-state index contributed by atoms with van der Waals surface area (Å²) in [7, 11) is -2.21. The zero-order valence-electron chi connectivity index (χ0n) is 11.3. The monoisotopic (exact) mass is 350 g/mol. The molecule has 0 radical (unpaired) electrons. The first-order valence-corrected chi connectivity index (χ1v) is 8.25. The summed E-state index contributed by atoms with van der Waals surface area (Å²) in [5.41, 5.74) is 0.835. The van der Waals surface area contributed by atoms with E-state index < -0.39 is 10.0 Å². The van der Waals surface area contributed by atoms with Gasteiger partial charge in [0.25, 0.3) is 0 Å². The maximum atomic E-state index is 11.6. The highest BCUT2D eigenvalue weighted by molar-refractivity contribution is 7.92. The summed E-state index contributed by atoms with van der Waals surface area (Å²) in [6.45, 7) is 1.83. The lowest BCUT2D eigenvalue weighted by Gasteiger charge is -2.18. The molecule has 0 unspecified atom stereocenters. The smallest absolute Gasteiger partial charge is 0.233 e. The maximum Gasteiger partial charge on any atom is 0.233 e. The first-order valence-electron chi connectivity index (χ1n) is 5.64. The summed E-state index contributed by atoms with van der Waals surface area (Å²) in [5, 5.41) is 9.45. The van der Waals surface area contributed by atoms with Gasteiger partial charge in [0, 0.05) is 18.8 Å². The SMILES string of the molecule is Cc1cc(Nc2nc(Cl)nc(N(C)S(C)(=O)=O)c2Cl)n[nH]1. The van der Waals surface area contributed by atoms with Gasteiger partial charge < -0.3 is 5.32 Å². The van der Waals surface area contributed by atoms with Crippen LogP contribution in [0.25, 0.3) is 0 Å². The van der Waals surface area contributed by atoms with Crippen LogP contribution in [-0.2, 0) is 10.0 Å². The lowest BCUT2D eigenvalue weighted by atomic mass is 10.4. The standard InChI is InChI=1S/C10H12Cl2N6O2S/c1-5-4-6(17-16-5)13-8-7(11)9(15-10(12)14-8)18(2)21(3,19)20/h4H,1-3H3,(H2,13,14,15,16,17). The fraction of sp³-hybridized carbons (Fsp3) is 0.300. The minimum Gasteiger partial charge on any atom is -0.322 e. The number of sulfonamides is 1. The predicted octanol–water partition coefficient (Wildman–Crippen LogP) is 1.95. The van der Waals surface area contributed by atoms with Crippen molar-refractivity contribution < 1.29 is 8.42 Å². The van der Waals surface area contributed by atoms with Gasteiger partial charge in [0.15, 0.2) is 17.5 Å². The van der Waals surface area contributed by atoms with E-state index >= 15 is 0 Å². The van der Waals surface area contributed by atoms with E-state index in [1.54, 1.807) is 6.07 Å². The second-order valence-corrected chi connectivity index (χ2v) is 7.00. The summed E-state index contributed by atoms with van der Waals surface area (Å²) in [5.74, 6) is 0.611. The predicted molar refractivity (Wildman–Crippen MR) is 81.9 cm³/mol. The fourth-order valence-electron chi connectivity index (χ4n) is 1.46. The molecule has 0 atom stereocenters. The second kappa shape index (κ2) is 5.66. The summed E-state index contributed by atoms with van der Waals surface area (Å²) in [6.07, 6.45) is 1.03. The average Bonchev–Trinajstić information content (AvgIpc) is 2.77. The van der Waals surface area contributed by atoms with Crippen LogP contribution < -0.4 is 9.62 Å². The van der Waals surface area contributed by atoms with Crippen LogP contribution in [0.2, 0.25) is 10.3 Å². The zero-order chi connectivity index (χ0) is 15.8. The summed E-state index contributed by atoms with van der Waals surface area (Å²) >= 11 is 12.0. The summed E-state index contributed by atoms with van der Waals surface area (Å²) in [6, 6.07) is 1.73. The molecule has 0 saturated heterocycles. The fourth-order valence-corrected chi connectivity index (χ4v) is 2.38. The molecule has 2 rings (SSSR count).